The van der Waals surface area contributed by atoms with E-state index in [9.17, 15) is 0 Å². The van der Waals surface area contributed by atoms with Gasteiger partial charge in [0.05, 0.1) is 18.6 Å². The molecule has 3 heterocycles. The second-order valence-corrected chi connectivity index (χ2v) is 9.13. The SMILES string of the molecule is c1ncc(-c2ccc(-c3cc(-c4ccc(-c5cnco5)cc4)cc(-c4ccc(-c5cnco5)cc4)c3)cc2)o1. The molecule has 6 nitrogen and oxygen atoms in total. The fraction of sp³-hybridized carbons (Fsp3) is 0. The van der Waals surface area contributed by atoms with E-state index in [1.165, 1.54) is 19.2 Å². The maximum atomic E-state index is 5.46. The molecule has 0 spiro atoms. The summed E-state index contributed by atoms with van der Waals surface area (Å²) < 4.78 is 16.4. The zero-order valence-corrected chi connectivity index (χ0v) is 20.7. The van der Waals surface area contributed by atoms with Gasteiger partial charge in [-0.3, -0.25) is 0 Å². The van der Waals surface area contributed by atoms with Crippen LogP contribution in [0.1, 0.15) is 0 Å². The highest BCUT2D eigenvalue weighted by molar-refractivity contribution is 5.82. The first-order valence-electron chi connectivity index (χ1n) is 12.4. The molecule has 3 aromatic heterocycles. The van der Waals surface area contributed by atoms with Crippen LogP contribution in [0.25, 0.3) is 67.4 Å². The Balaban J connectivity index is 1.30. The number of aromatic nitrogens is 3. The third-order valence-corrected chi connectivity index (χ3v) is 6.74. The molecule has 0 bridgehead atoms. The van der Waals surface area contributed by atoms with Gasteiger partial charge >= 0.3 is 0 Å². The summed E-state index contributed by atoms with van der Waals surface area (Å²) in [5, 5.41) is 0. The molecule has 186 valence electrons. The lowest BCUT2D eigenvalue weighted by Gasteiger charge is -2.12. The molecule has 7 aromatic rings. The van der Waals surface area contributed by atoms with Gasteiger partial charge < -0.3 is 13.3 Å². The van der Waals surface area contributed by atoms with Crippen LogP contribution in [0, 0.1) is 0 Å². The first kappa shape index (κ1) is 22.7. The van der Waals surface area contributed by atoms with Gasteiger partial charge in [0.25, 0.3) is 0 Å². The molecular weight excluding hydrogens is 486 g/mol. The molecule has 6 heteroatoms. The zero-order valence-electron chi connectivity index (χ0n) is 20.7. The van der Waals surface area contributed by atoms with Crippen LogP contribution < -0.4 is 0 Å². The predicted octanol–water partition coefficient (Wildman–Crippen LogP) is 8.65. The number of hydrogen-bond donors (Lipinski definition) is 0. The molecule has 0 aliphatic carbocycles. The van der Waals surface area contributed by atoms with Crippen molar-refractivity contribution >= 4 is 0 Å². The van der Waals surface area contributed by atoms with E-state index in [1.807, 2.05) is 0 Å². The van der Waals surface area contributed by atoms with Crippen molar-refractivity contribution in [1.29, 1.82) is 0 Å². The summed E-state index contributed by atoms with van der Waals surface area (Å²) in [5.74, 6) is 2.24. The van der Waals surface area contributed by atoms with Gasteiger partial charge in [-0.2, -0.15) is 0 Å². The maximum absolute atomic E-state index is 5.46. The summed E-state index contributed by atoms with van der Waals surface area (Å²) in [7, 11) is 0. The highest BCUT2D eigenvalue weighted by Crippen LogP contribution is 2.35. The lowest BCUT2D eigenvalue weighted by Crippen LogP contribution is -1.87. The van der Waals surface area contributed by atoms with Crippen molar-refractivity contribution in [3.63, 3.8) is 0 Å². The molecular formula is C33H21N3O3. The van der Waals surface area contributed by atoms with Gasteiger partial charge in [0.1, 0.15) is 0 Å². The highest BCUT2D eigenvalue weighted by atomic mass is 16.3. The zero-order chi connectivity index (χ0) is 26.0. The van der Waals surface area contributed by atoms with E-state index in [1.54, 1.807) is 18.6 Å². The van der Waals surface area contributed by atoms with Crippen LogP contribution in [-0.2, 0) is 0 Å². The Kier molecular flexibility index (Phi) is 5.68. The van der Waals surface area contributed by atoms with E-state index in [2.05, 4.69) is 106 Å². The molecule has 0 saturated heterocycles. The molecule has 0 aliphatic rings. The third kappa shape index (κ3) is 4.55. The Labute approximate surface area is 224 Å². The van der Waals surface area contributed by atoms with E-state index in [0.29, 0.717) is 0 Å². The molecule has 0 amide bonds. The Morgan fingerprint density at radius 1 is 0.308 bits per heavy atom. The lowest BCUT2D eigenvalue weighted by molar-refractivity contribution is 0.571. The smallest absolute Gasteiger partial charge is 0.181 e. The third-order valence-electron chi connectivity index (χ3n) is 6.74. The summed E-state index contributed by atoms with van der Waals surface area (Å²) in [6.07, 6.45) is 9.50. The normalized spacial score (nSPS) is 11.1. The topological polar surface area (TPSA) is 78.1 Å². The number of rotatable bonds is 6. The molecule has 7 rings (SSSR count). The number of nitrogens with zero attached hydrogens (tertiary/aromatic N) is 3. The minimum atomic E-state index is 0.745. The average molecular weight is 508 g/mol. The van der Waals surface area contributed by atoms with Gasteiger partial charge in [-0.15, -0.1) is 0 Å². The number of hydrogen-bond acceptors (Lipinski definition) is 6. The summed E-state index contributed by atoms with van der Waals surface area (Å²) >= 11 is 0. The lowest BCUT2D eigenvalue weighted by atomic mass is 9.92. The minimum absolute atomic E-state index is 0.745. The van der Waals surface area contributed by atoms with Gasteiger partial charge in [0.15, 0.2) is 36.5 Å². The van der Waals surface area contributed by atoms with E-state index < -0.39 is 0 Å². The fourth-order valence-corrected chi connectivity index (χ4v) is 4.68. The van der Waals surface area contributed by atoms with E-state index in [4.69, 9.17) is 13.3 Å². The fourth-order valence-electron chi connectivity index (χ4n) is 4.68. The summed E-state index contributed by atoms with van der Waals surface area (Å²) in [5.41, 5.74) is 9.63. The standard InChI is InChI=1S/C33H21N3O3/c1-7-25(31-16-34-19-37-31)8-2-22(1)28-13-29(23-3-9-26(10-4-23)32-17-35-20-38-32)15-30(14-28)24-5-11-27(12-6-24)33-18-36-21-39-33/h1-21H. The van der Waals surface area contributed by atoms with Crippen LogP contribution in [0.5, 0.6) is 0 Å². The van der Waals surface area contributed by atoms with E-state index in [0.717, 1.165) is 67.4 Å². The van der Waals surface area contributed by atoms with Gasteiger partial charge in [-0.1, -0.05) is 72.8 Å². The van der Waals surface area contributed by atoms with Gasteiger partial charge in [-0.05, 0) is 51.6 Å². The van der Waals surface area contributed by atoms with E-state index in [-0.39, 0.29) is 0 Å². The van der Waals surface area contributed by atoms with E-state index >= 15 is 0 Å². The van der Waals surface area contributed by atoms with Crippen LogP contribution in [0.2, 0.25) is 0 Å². The monoisotopic (exact) mass is 507 g/mol. The van der Waals surface area contributed by atoms with Gasteiger partial charge in [0.2, 0.25) is 0 Å². The molecule has 0 fully saturated rings. The van der Waals surface area contributed by atoms with Crippen LogP contribution >= 0.6 is 0 Å². The first-order valence-corrected chi connectivity index (χ1v) is 12.4. The van der Waals surface area contributed by atoms with Crippen LogP contribution in [0.15, 0.2) is 142 Å². The molecule has 0 saturated carbocycles. The molecule has 0 radical (unpaired) electrons. The molecule has 0 aliphatic heterocycles. The van der Waals surface area contributed by atoms with Crippen molar-refractivity contribution in [1.82, 2.24) is 15.0 Å². The Morgan fingerprint density at radius 2 is 0.564 bits per heavy atom. The van der Waals surface area contributed by atoms with Crippen molar-refractivity contribution in [3.8, 4) is 67.4 Å². The highest BCUT2D eigenvalue weighted by Gasteiger charge is 2.11. The number of oxazole rings is 3. The van der Waals surface area contributed by atoms with Crippen molar-refractivity contribution in [2.24, 2.45) is 0 Å². The van der Waals surface area contributed by atoms with Crippen molar-refractivity contribution in [2.75, 3.05) is 0 Å². The maximum Gasteiger partial charge on any atom is 0.181 e. The van der Waals surface area contributed by atoms with Crippen molar-refractivity contribution < 1.29 is 13.3 Å². The molecule has 0 atom stereocenters. The Hall–Kier alpha value is -5.49. The first-order chi connectivity index (χ1) is 19.3. The van der Waals surface area contributed by atoms with Crippen LogP contribution in [0.4, 0.5) is 0 Å². The predicted molar refractivity (Wildman–Crippen MR) is 149 cm³/mol. The number of benzene rings is 4. The Morgan fingerprint density at radius 3 is 0.795 bits per heavy atom. The molecule has 39 heavy (non-hydrogen) atoms. The second kappa shape index (κ2) is 9.76. The summed E-state index contributed by atoms with van der Waals surface area (Å²) in [4.78, 5) is 12.1. The van der Waals surface area contributed by atoms with Gasteiger partial charge in [0, 0.05) is 16.7 Å². The minimum Gasteiger partial charge on any atom is -0.444 e. The average Bonchev–Trinajstić information content (AvgIpc) is 3.82. The van der Waals surface area contributed by atoms with Crippen molar-refractivity contribution in [3.05, 3.63) is 129 Å². The second-order valence-electron chi connectivity index (χ2n) is 9.13. The van der Waals surface area contributed by atoms with Crippen molar-refractivity contribution in [2.45, 2.75) is 0 Å². The summed E-state index contributed by atoms with van der Waals surface area (Å²) in [6.45, 7) is 0. The van der Waals surface area contributed by atoms with Gasteiger partial charge in [-0.25, -0.2) is 15.0 Å². The molecule has 0 N–H and O–H groups in total. The van der Waals surface area contributed by atoms with Crippen LogP contribution in [-0.4, -0.2) is 15.0 Å². The molecule has 0 unspecified atom stereocenters. The summed E-state index contributed by atoms with van der Waals surface area (Å²) in [6, 6.07) is 31.7. The van der Waals surface area contributed by atoms with Crippen LogP contribution in [0.3, 0.4) is 0 Å². The largest absolute Gasteiger partial charge is 0.444 e. The quantitative estimate of drug-likeness (QED) is 0.224. The Bertz CT molecular complexity index is 1570. The molecule has 4 aromatic carbocycles.